The highest BCUT2D eigenvalue weighted by Crippen LogP contribution is 2.47. The van der Waals surface area contributed by atoms with Gasteiger partial charge in [-0.1, -0.05) is 24.3 Å². The van der Waals surface area contributed by atoms with Crippen LogP contribution in [0.15, 0.2) is 58.4 Å². The Morgan fingerprint density at radius 3 is 2.62 bits per heavy atom. The molecular formula is C25H20F4N3O3PS. The second kappa shape index (κ2) is 8.77. The maximum Gasteiger partial charge on any atom is 0.278 e. The van der Waals surface area contributed by atoms with Crippen molar-refractivity contribution in [2.24, 2.45) is 0 Å². The monoisotopic (exact) mass is 549 g/mol. The summed E-state index contributed by atoms with van der Waals surface area (Å²) < 4.78 is 65.8. The Labute approximate surface area is 215 Å². The second-order valence-electron chi connectivity index (χ2n) is 9.15. The first-order chi connectivity index (χ1) is 17.7. The first-order valence-electron chi connectivity index (χ1n) is 11.5. The summed E-state index contributed by atoms with van der Waals surface area (Å²) in [6, 6.07) is 10.0. The van der Waals surface area contributed by atoms with Gasteiger partial charge < -0.3 is 9.42 Å². The third-order valence-electron chi connectivity index (χ3n) is 7.11. The quantitative estimate of drug-likeness (QED) is 0.339. The summed E-state index contributed by atoms with van der Waals surface area (Å²) in [7, 11) is 1.95. The van der Waals surface area contributed by atoms with Crippen LogP contribution in [0.25, 0.3) is 0 Å². The molecule has 6 nitrogen and oxygen atoms in total. The minimum Gasteiger partial charge on any atom is -0.474 e. The molecule has 1 unspecified atom stereocenters. The predicted octanol–water partition coefficient (Wildman–Crippen LogP) is 4.84. The average molecular weight is 549 g/mol. The summed E-state index contributed by atoms with van der Waals surface area (Å²) >= 11 is 1.31. The summed E-state index contributed by atoms with van der Waals surface area (Å²) in [5.41, 5.74) is 0.501. The Bertz CT molecular complexity index is 1500. The van der Waals surface area contributed by atoms with Crippen LogP contribution in [0.2, 0.25) is 0 Å². The van der Waals surface area contributed by atoms with Crippen molar-refractivity contribution >= 4 is 27.1 Å². The molecule has 1 saturated heterocycles. The Morgan fingerprint density at radius 2 is 1.84 bits per heavy atom. The first-order valence-corrected chi connectivity index (χ1v) is 13.0. The van der Waals surface area contributed by atoms with Crippen LogP contribution >= 0.6 is 21.2 Å². The summed E-state index contributed by atoms with van der Waals surface area (Å²) in [6.45, 7) is -0.250. The molecule has 0 saturated carbocycles. The third-order valence-corrected chi connectivity index (χ3v) is 8.46. The Kier molecular flexibility index (Phi) is 5.76. The van der Waals surface area contributed by atoms with Crippen LogP contribution in [0.3, 0.4) is 0 Å². The number of hydrogen-bond donors (Lipinski definition) is 0. The van der Waals surface area contributed by atoms with Crippen molar-refractivity contribution in [1.82, 2.24) is 9.58 Å². The van der Waals surface area contributed by atoms with E-state index < -0.39 is 53.9 Å². The maximum atomic E-state index is 15.2. The molecule has 1 fully saturated rings. The lowest BCUT2D eigenvalue weighted by Crippen LogP contribution is -2.66. The van der Waals surface area contributed by atoms with Crippen LogP contribution in [0.5, 0.6) is 5.75 Å². The molecule has 3 atom stereocenters. The van der Waals surface area contributed by atoms with Crippen molar-refractivity contribution in [2.75, 3.05) is 11.6 Å². The fourth-order valence-corrected chi connectivity index (χ4v) is 6.77. The summed E-state index contributed by atoms with van der Waals surface area (Å²) in [5, 5.41) is 1.57. The number of alkyl halides is 2. The van der Waals surface area contributed by atoms with Crippen LogP contribution < -0.4 is 15.0 Å². The van der Waals surface area contributed by atoms with Crippen LogP contribution in [0.1, 0.15) is 46.1 Å². The molecule has 0 bridgehead atoms. The van der Waals surface area contributed by atoms with E-state index in [0.29, 0.717) is 11.1 Å². The lowest BCUT2D eigenvalue weighted by atomic mass is 9.91. The highest BCUT2D eigenvalue weighted by atomic mass is 32.2. The largest absolute Gasteiger partial charge is 0.474 e. The van der Waals surface area contributed by atoms with E-state index in [1.807, 2.05) is 21.6 Å². The Morgan fingerprint density at radius 1 is 1.05 bits per heavy atom. The number of pyridine rings is 1. The van der Waals surface area contributed by atoms with E-state index in [0.717, 1.165) is 11.0 Å². The average Bonchev–Trinajstić information content (AvgIpc) is 3.03. The van der Waals surface area contributed by atoms with E-state index in [4.69, 9.17) is 4.52 Å². The molecule has 192 valence electrons. The van der Waals surface area contributed by atoms with Crippen LogP contribution in [0, 0.1) is 11.6 Å². The van der Waals surface area contributed by atoms with E-state index in [1.165, 1.54) is 39.7 Å². The van der Waals surface area contributed by atoms with Gasteiger partial charge in [0, 0.05) is 41.4 Å². The van der Waals surface area contributed by atoms with Crippen molar-refractivity contribution in [3.8, 4) is 5.75 Å². The van der Waals surface area contributed by atoms with Crippen LogP contribution in [-0.4, -0.2) is 34.1 Å². The maximum absolute atomic E-state index is 15.2. The van der Waals surface area contributed by atoms with Crippen LogP contribution in [-0.2, 0) is 5.75 Å². The number of aromatic nitrogens is 1. The van der Waals surface area contributed by atoms with Crippen molar-refractivity contribution in [3.05, 3.63) is 92.9 Å². The third kappa shape index (κ3) is 3.74. The molecule has 6 rings (SSSR count). The highest BCUT2D eigenvalue weighted by molar-refractivity contribution is 7.98. The number of rotatable bonds is 2. The minimum absolute atomic E-state index is 0.113. The van der Waals surface area contributed by atoms with Gasteiger partial charge in [-0.05, 0) is 23.3 Å². The zero-order chi connectivity index (χ0) is 26.1. The number of benzene rings is 2. The SMILES string of the molecule is O=C1c2c(OP)c(=O)ccn2N([C@@H]2c3ccccc3SCc3c2ccc(F)c3F)[C@@H]2CC(F)(F)CCN12. The van der Waals surface area contributed by atoms with Gasteiger partial charge in [0.1, 0.15) is 6.17 Å². The van der Waals surface area contributed by atoms with E-state index >= 15 is 4.39 Å². The van der Waals surface area contributed by atoms with Gasteiger partial charge in [-0.2, -0.15) is 0 Å². The zero-order valence-corrected chi connectivity index (χ0v) is 21.1. The van der Waals surface area contributed by atoms with Gasteiger partial charge in [-0.25, -0.2) is 17.6 Å². The van der Waals surface area contributed by atoms with Gasteiger partial charge in [0.2, 0.25) is 11.2 Å². The molecule has 37 heavy (non-hydrogen) atoms. The minimum atomic E-state index is -3.06. The molecule has 0 aliphatic carbocycles. The number of nitrogens with zero attached hydrogens (tertiary/aromatic N) is 3. The standard InChI is InChI=1S/C25H20F4N3O3PS/c26-16-6-5-13-15(20(16)27)12-37-18-4-2-1-3-14(18)21(13)32-19-11-25(28,29)8-10-30(19)24(34)22-23(35-36)17(33)7-9-31(22)32/h1-7,9,19,21H,8,10-12,36H2/t19-,21+/m1/s1. The molecule has 1 amide bonds. The van der Waals surface area contributed by atoms with Gasteiger partial charge in [0.05, 0.1) is 21.9 Å². The van der Waals surface area contributed by atoms with Crippen LogP contribution in [0.4, 0.5) is 17.6 Å². The van der Waals surface area contributed by atoms with Gasteiger partial charge in [-0.3, -0.25) is 19.3 Å². The zero-order valence-electron chi connectivity index (χ0n) is 19.2. The number of piperidine rings is 1. The molecule has 4 heterocycles. The Hall–Kier alpha value is -3.04. The predicted molar refractivity (Wildman–Crippen MR) is 132 cm³/mol. The molecule has 0 N–H and O–H groups in total. The van der Waals surface area contributed by atoms with Gasteiger partial charge in [-0.15, -0.1) is 11.8 Å². The van der Waals surface area contributed by atoms with Gasteiger partial charge in [0.25, 0.3) is 11.8 Å². The fourth-order valence-electron chi connectivity index (χ4n) is 5.42. The normalized spacial score (nSPS) is 21.9. The molecule has 1 aromatic heterocycles. The van der Waals surface area contributed by atoms with E-state index in [9.17, 15) is 22.8 Å². The molecule has 2 aromatic carbocycles. The van der Waals surface area contributed by atoms with E-state index in [-0.39, 0.29) is 29.3 Å². The van der Waals surface area contributed by atoms with Gasteiger partial charge >= 0.3 is 0 Å². The molecule has 3 aliphatic heterocycles. The summed E-state index contributed by atoms with van der Waals surface area (Å²) in [6.07, 6.45) is -1.00. The molecule has 0 radical (unpaired) electrons. The number of carbonyl (C=O) groups excluding carboxylic acids is 1. The number of thioether (sulfide) groups is 1. The summed E-state index contributed by atoms with van der Waals surface area (Å²) in [5.74, 6) is -5.82. The second-order valence-corrected chi connectivity index (χ2v) is 10.4. The number of hydrogen-bond acceptors (Lipinski definition) is 5. The van der Waals surface area contributed by atoms with E-state index in [2.05, 4.69) is 0 Å². The lowest BCUT2D eigenvalue weighted by molar-refractivity contribution is -0.0784. The Balaban J connectivity index is 1.68. The topological polar surface area (TPSA) is 54.8 Å². The van der Waals surface area contributed by atoms with Crippen molar-refractivity contribution < 1.29 is 26.9 Å². The number of carbonyl (C=O) groups is 1. The molecular weight excluding hydrogens is 529 g/mol. The van der Waals surface area contributed by atoms with Crippen molar-refractivity contribution in [3.63, 3.8) is 0 Å². The number of fused-ring (bicyclic) bond motifs is 4. The molecule has 0 spiro atoms. The smallest absolute Gasteiger partial charge is 0.278 e. The van der Waals surface area contributed by atoms with E-state index in [1.54, 1.807) is 17.1 Å². The van der Waals surface area contributed by atoms with Crippen molar-refractivity contribution in [1.29, 1.82) is 0 Å². The fraction of sp³-hybridized carbons (Fsp3) is 0.280. The molecule has 3 aliphatic rings. The number of amides is 1. The highest BCUT2D eigenvalue weighted by Gasteiger charge is 2.51. The number of halogens is 4. The lowest BCUT2D eigenvalue weighted by Gasteiger charge is -2.53. The van der Waals surface area contributed by atoms with Crippen molar-refractivity contribution in [2.45, 2.75) is 41.6 Å². The first kappa shape index (κ1) is 24.3. The molecule has 3 aromatic rings. The molecule has 12 heteroatoms. The van der Waals surface area contributed by atoms with Gasteiger partial charge in [0.15, 0.2) is 17.3 Å². The summed E-state index contributed by atoms with van der Waals surface area (Å²) in [4.78, 5) is 28.2.